The normalized spacial score (nSPS) is 36.3. The average Bonchev–Trinajstić information content (AvgIpc) is 2.73. The summed E-state index contributed by atoms with van der Waals surface area (Å²) in [5, 5.41) is 3.33. The minimum Gasteiger partial charge on any atom is -0.371 e. The Morgan fingerprint density at radius 2 is 1.72 bits per heavy atom. The topological polar surface area (TPSA) is 41.6 Å². The van der Waals surface area contributed by atoms with E-state index in [2.05, 4.69) is 40.5 Å². The maximum atomic E-state index is 13.0. The summed E-state index contributed by atoms with van der Waals surface area (Å²) in [6, 6.07) is 10.6. The smallest absolute Gasteiger partial charge is 0.226 e. The van der Waals surface area contributed by atoms with Crippen molar-refractivity contribution in [1.82, 2.24) is 10.2 Å². The lowest BCUT2D eigenvalue weighted by Crippen LogP contribution is -2.53. The molecule has 29 heavy (non-hydrogen) atoms. The molecule has 158 valence electrons. The SMILES string of the molecule is O=C(NCCCCN1CCO[C@H](c2ccccc2)C1)C12CC3CC(CC(C3)C1)C2. The molecule has 1 heterocycles. The van der Waals surface area contributed by atoms with Gasteiger partial charge in [0, 0.05) is 25.0 Å². The highest BCUT2D eigenvalue weighted by Crippen LogP contribution is 2.60. The number of benzene rings is 1. The molecule has 1 atom stereocenters. The number of hydrogen-bond acceptors (Lipinski definition) is 3. The van der Waals surface area contributed by atoms with E-state index in [-0.39, 0.29) is 11.5 Å². The van der Waals surface area contributed by atoms with E-state index in [0.717, 1.165) is 63.4 Å². The van der Waals surface area contributed by atoms with Crippen molar-refractivity contribution in [3.8, 4) is 0 Å². The molecule has 4 nitrogen and oxygen atoms in total. The van der Waals surface area contributed by atoms with E-state index in [1.54, 1.807) is 0 Å². The fraction of sp³-hybridized carbons (Fsp3) is 0.720. The second kappa shape index (κ2) is 8.39. The molecule has 0 spiro atoms. The summed E-state index contributed by atoms with van der Waals surface area (Å²) in [6.45, 7) is 4.74. The van der Waals surface area contributed by atoms with Gasteiger partial charge in [0.05, 0.1) is 12.7 Å². The summed E-state index contributed by atoms with van der Waals surface area (Å²) in [5.41, 5.74) is 1.28. The first-order valence-electron chi connectivity index (χ1n) is 11.9. The number of amides is 1. The van der Waals surface area contributed by atoms with Gasteiger partial charge in [-0.15, -0.1) is 0 Å². The molecule has 4 saturated carbocycles. The molecule has 1 saturated heterocycles. The van der Waals surface area contributed by atoms with Crippen LogP contribution in [0.5, 0.6) is 0 Å². The van der Waals surface area contributed by atoms with Crippen molar-refractivity contribution in [2.24, 2.45) is 23.2 Å². The van der Waals surface area contributed by atoms with Gasteiger partial charge in [0.1, 0.15) is 0 Å². The first-order chi connectivity index (χ1) is 14.2. The zero-order valence-corrected chi connectivity index (χ0v) is 17.7. The first-order valence-corrected chi connectivity index (χ1v) is 11.9. The zero-order chi connectivity index (χ0) is 19.7. The van der Waals surface area contributed by atoms with Gasteiger partial charge in [-0.25, -0.2) is 0 Å². The number of nitrogens with one attached hydrogen (secondary N) is 1. The number of carbonyl (C=O) groups is 1. The number of nitrogens with zero attached hydrogens (tertiary/aromatic N) is 1. The van der Waals surface area contributed by atoms with Crippen molar-refractivity contribution in [3.05, 3.63) is 35.9 Å². The van der Waals surface area contributed by atoms with Gasteiger partial charge in [-0.1, -0.05) is 30.3 Å². The molecular formula is C25H36N2O2. The minimum atomic E-state index is 0.00185. The lowest BCUT2D eigenvalue weighted by molar-refractivity contribution is -0.146. The third-order valence-electron chi connectivity index (χ3n) is 8.03. The van der Waals surface area contributed by atoms with Crippen molar-refractivity contribution >= 4 is 5.91 Å². The van der Waals surface area contributed by atoms with Crippen molar-refractivity contribution in [1.29, 1.82) is 0 Å². The van der Waals surface area contributed by atoms with Crippen LogP contribution in [-0.2, 0) is 9.53 Å². The predicted molar refractivity (Wildman–Crippen MR) is 114 cm³/mol. The van der Waals surface area contributed by atoms with Gasteiger partial charge in [-0.05, 0) is 81.2 Å². The molecule has 4 heteroatoms. The average molecular weight is 397 g/mol. The number of unbranched alkanes of at least 4 members (excludes halogenated alkanes) is 1. The van der Waals surface area contributed by atoms with E-state index in [9.17, 15) is 4.79 Å². The molecule has 0 radical (unpaired) electrons. The highest BCUT2D eigenvalue weighted by atomic mass is 16.5. The Morgan fingerprint density at radius 1 is 1.03 bits per heavy atom. The van der Waals surface area contributed by atoms with Gasteiger partial charge in [-0.3, -0.25) is 9.69 Å². The van der Waals surface area contributed by atoms with Crippen LogP contribution in [0.4, 0.5) is 0 Å². The fourth-order valence-corrected chi connectivity index (χ4v) is 7.01. The largest absolute Gasteiger partial charge is 0.371 e. The van der Waals surface area contributed by atoms with Crippen LogP contribution in [0.2, 0.25) is 0 Å². The van der Waals surface area contributed by atoms with Gasteiger partial charge in [-0.2, -0.15) is 0 Å². The number of hydrogen-bond donors (Lipinski definition) is 1. The van der Waals surface area contributed by atoms with E-state index < -0.39 is 0 Å². The molecule has 6 rings (SSSR count). The summed E-state index contributed by atoms with van der Waals surface area (Å²) in [5.74, 6) is 2.90. The first kappa shape index (κ1) is 19.6. The molecule has 1 aliphatic heterocycles. The van der Waals surface area contributed by atoms with Gasteiger partial charge in [0.15, 0.2) is 0 Å². The highest BCUT2D eigenvalue weighted by Gasteiger charge is 2.54. The molecular weight excluding hydrogens is 360 g/mol. The molecule has 5 fully saturated rings. The Hall–Kier alpha value is -1.39. The summed E-state index contributed by atoms with van der Waals surface area (Å²) >= 11 is 0. The minimum absolute atomic E-state index is 0.00185. The molecule has 5 aliphatic rings. The Bertz CT molecular complexity index is 669. The van der Waals surface area contributed by atoms with Gasteiger partial charge in [0.2, 0.25) is 5.91 Å². The number of carbonyl (C=O) groups excluding carboxylic acids is 1. The van der Waals surface area contributed by atoms with Crippen LogP contribution in [0.3, 0.4) is 0 Å². The van der Waals surface area contributed by atoms with Crippen LogP contribution >= 0.6 is 0 Å². The molecule has 0 unspecified atom stereocenters. The number of morpholine rings is 1. The van der Waals surface area contributed by atoms with Gasteiger partial charge < -0.3 is 10.1 Å². The maximum absolute atomic E-state index is 13.0. The van der Waals surface area contributed by atoms with Crippen molar-refractivity contribution in [2.45, 2.75) is 57.5 Å². The number of ether oxygens (including phenoxy) is 1. The van der Waals surface area contributed by atoms with Crippen molar-refractivity contribution in [2.75, 3.05) is 32.8 Å². The number of rotatable bonds is 7. The van der Waals surface area contributed by atoms with E-state index in [1.807, 2.05) is 0 Å². The van der Waals surface area contributed by atoms with Crippen LogP contribution in [0.25, 0.3) is 0 Å². The lowest BCUT2D eigenvalue weighted by Gasteiger charge is -2.55. The summed E-state index contributed by atoms with van der Waals surface area (Å²) in [7, 11) is 0. The van der Waals surface area contributed by atoms with Crippen LogP contribution in [0.1, 0.15) is 63.0 Å². The third kappa shape index (κ3) is 4.25. The lowest BCUT2D eigenvalue weighted by atomic mass is 9.49. The molecule has 1 amide bonds. The standard InChI is InChI=1S/C25H36N2O2/c28-24(25-15-19-12-20(16-25)14-21(13-19)17-25)26-8-4-5-9-27-10-11-29-23(18-27)22-6-2-1-3-7-22/h1-3,6-7,19-21,23H,4-5,8-18H2,(H,26,28)/t19?,20?,21?,23-,25?/m0/s1. The maximum Gasteiger partial charge on any atom is 0.226 e. The molecule has 4 aliphatic carbocycles. The van der Waals surface area contributed by atoms with Gasteiger partial charge in [0.25, 0.3) is 0 Å². The Balaban J connectivity index is 1.03. The Morgan fingerprint density at radius 3 is 2.41 bits per heavy atom. The van der Waals surface area contributed by atoms with Gasteiger partial charge >= 0.3 is 0 Å². The molecule has 0 aromatic heterocycles. The van der Waals surface area contributed by atoms with E-state index in [1.165, 1.54) is 44.1 Å². The summed E-state index contributed by atoms with van der Waals surface area (Å²) < 4.78 is 5.97. The molecule has 1 aromatic carbocycles. The zero-order valence-electron chi connectivity index (χ0n) is 17.7. The van der Waals surface area contributed by atoms with E-state index >= 15 is 0 Å². The van der Waals surface area contributed by atoms with E-state index in [0.29, 0.717) is 5.91 Å². The Labute approximate surface area is 175 Å². The fourth-order valence-electron chi connectivity index (χ4n) is 7.01. The van der Waals surface area contributed by atoms with Crippen LogP contribution in [-0.4, -0.2) is 43.6 Å². The molecule has 1 N–H and O–H groups in total. The van der Waals surface area contributed by atoms with Crippen molar-refractivity contribution in [3.63, 3.8) is 0 Å². The quantitative estimate of drug-likeness (QED) is 0.703. The monoisotopic (exact) mass is 396 g/mol. The van der Waals surface area contributed by atoms with E-state index in [4.69, 9.17) is 4.74 Å². The second-order valence-electron chi connectivity index (χ2n) is 10.2. The second-order valence-corrected chi connectivity index (χ2v) is 10.2. The summed E-state index contributed by atoms with van der Waals surface area (Å²) in [4.78, 5) is 15.5. The summed E-state index contributed by atoms with van der Waals surface area (Å²) in [6.07, 6.45) is 10.1. The Kier molecular flexibility index (Phi) is 5.66. The third-order valence-corrected chi connectivity index (χ3v) is 8.03. The highest BCUT2D eigenvalue weighted by molar-refractivity contribution is 5.83. The van der Waals surface area contributed by atoms with Crippen LogP contribution < -0.4 is 5.32 Å². The molecule has 4 bridgehead atoms. The molecule has 1 aromatic rings. The predicted octanol–water partition coefficient (Wildman–Crippen LogP) is 4.17. The van der Waals surface area contributed by atoms with Crippen molar-refractivity contribution < 1.29 is 9.53 Å². The van der Waals surface area contributed by atoms with Crippen LogP contribution in [0, 0.1) is 23.2 Å². The van der Waals surface area contributed by atoms with Crippen LogP contribution in [0.15, 0.2) is 30.3 Å².